The molecule has 0 unspecified atom stereocenters. The summed E-state index contributed by atoms with van der Waals surface area (Å²) in [5, 5.41) is 8.98. The largest absolute Gasteiger partial charge is 0.480 e. The molecule has 20 heavy (non-hydrogen) atoms. The van der Waals surface area contributed by atoms with Gasteiger partial charge < -0.3 is 5.11 Å². The number of carboxylic acid groups (broad SMARTS) is 1. The first kappa shape index (κ1) is 16.3. The SMILES string of the molecule is CCC[C@H](NS(=O)(=O)c1cccc(C(C)=O)c1)C(=O)O. The van der Waals surface area contributed by atoms with E-state index in [9.17, 15) is 18.0 Å². The summed E-state index contributed by atoms with van der Waals surface area (Å²) in [7, 11) is -3.97. The van der Waals surface area contributed by atoms with Crippen molar-refractivity contribution in [2.45, 2.75) is 37.6 Å². The number of rotatable bonds is 7. The topological polar surface area (TPSA) is 101 Å². The molecule has 0 bridgehead atoms. The number of nitrogens with one attached hydrogen (secondary N) is 1. The van der Waals surface area contributed by atoms with Crippen LogP contribution in [0.25, 0.3) is 0 Å². The highest BCUT2D eigenvalue weighted by Gasteiger charge is 2.24. The molecular weight excluding hydrogens is 282 g/mol. The molecule has 1 aromatic carbocycles. The van der Waals surface area contributed by atoms with Crippen molar-refractivity contribution in [1.29, 1.82) is 0 Å². The van der Waals surface area contributed by atoms with Crippen molar-refractivity contribution in [2.24, 2.45) is 0 Å². The molecule has 0 spiro atoms. The summed E-state index contributed by atoms with van der Waals surface area (Å²) in [6, 6.07) is 4.32. The molecule has 1 atom stereocenters. The molecule has 0 heterocycles. The van der Waals surface area contributed by atoms with E-state index in [1.807, 2.05) is 0 Å². The molecule has 0 aromatic heterocycles. The van der Waals surface area contributed by atoms with Gasteiger partial charge in [-0.1, -0.05) is 25.5 Å². The standard InChI is InChI=1S/C13H17NO5S/c1-3-5-12(13(16)17)14-20(18,19)11-7-4-6-10(8-11)9(2)15/h4,6-8,12,14H,3,5H2,1-2H3,(H,16,17)/t12-/m0/s1. The van der Waals surface area contributed by atoms with Crippen LogP contribution < -0.4 is 4.72 Å². The molecule has 0 aliphatic heterocycles. The number of carbonyl (C=O) groups is 2. The number of ketones is 1. The number of aliphatic carboxylic acids is 1. The van der Waals surface area contributed by atoms with E-state index in [-0.39, 0.29) is 22.7 Å². The van der Waals surface area contributed by atoms with Gasteiger partial charge in [-0.15, -0.1) is 0 Å². The van der Waals surface area contributed by atoms with Crippen LogP contribution in [-0.4, -0.2) is 31.3 Å². The normalized spacial score (nSPS) is 12.9. The van der Waals surface area contributed by atoms with Crippen molar-refractivity contribution in [2.75, 3.05) is 0 Å². The lowest BCUT2D eigenvalue weighted by molar-refractivity contribution is -0.139. The zero-order chi connectivity index (χ0) is 15.3. The number of hydrogen-bond donors (Lipinski definition) is 2. The van der Waals surface area contributed by atoms with Crippen LogP contribution in [0.4, 0.5) is 0 Å². The van der Waals surface area contributed by atoms with Gasteiger partial charge in [0.25, 0.3) is 0 Å². The van der Waals surface area contributed by atoms with E-state index in [0.29, 0.717) is 6.42 Å². The molecule has 1 aromatic rings. The lowest BCUT2D eigenvalue weighted by Crippen LogP contribution is -2.40. The van der Waals surface area contributed by atoms with Crippen LogP contribution in [0.5, 0.6) is 0 Å². The van der Waals surface area contributed by atoms with Crippen LogP contribution in [0, 0.1) is 0 Å². The third-order valence-corrected chi connectivity index (χ3v) is 4.19. The Bertz CT molecular complexity index is 609. The van der Waals surface area contributed by atoms with Crippen LogP contribution in [0.15, 0.2) is 29.2 Å². The van der Waals surface area contributed by atoms with Crippen molar-refractivity contribution in [3.05, 3.63) is 29.8 Å². The van der Waals surface area contributed by atoms with Crippen molar-refractivity contribution >= 4 is 21.8 Å². The molecule has 0 saturated carbocycles. The smallest absolute Gasteiger partial charge is 0.321 e. The maximum Gasteiger partial charge on any atom is 0.321 e. The molecule has 1 rings (SSSR count). The molecule has 6 nitrogen and oxygen atoms in total. The van der Waals surface area contributed by atoms with E-state index in [1.165, 1.54) is 31.2 Å². The summed E-state index contributed by atoms with van der Waals surface area (Å²) in [5.41, 5.74) is 0.259. The first-order valence-electron chi connectivity index (χ1n) is 6.14. The van der Waals surface area contributed by atoms with Crippen molar-refractivity contribution in [1.82, 2.24) is 4.72 Å². The van der Waals surface area contributed by atoms with E-state index in [4.69, 9.17) is 5.11 Å². The predicted molar refractivity (Wildman–Crippen MR) is 73.1 cm³/mol. The number of carboxylic acids is 1. The third-order valence-electron chi connectivity index (χ3n) is 2.72. The van der Waals surface area contributed by atoms with E-state index < -0.39 is 22.0 Å². The van der Waals surface area contributed by atoms with Gasteiger partial charge in [0, 0.05) is 5.56 Å². The summed E-state index contributed by atoms with van der Waals surface area (Å²) in [6.07, 6.45) is 0.730. The predicted octanol–water partition coefficient (Wildman–Crippen LogP) is 1.42. The maximum atomic E-state index is 12.1. The Morgan fingerprint density at radius 2 is 2.00 bits per heavy atom. The Labute approximate surface area is 117 Å². The van der Waals surface area contributed by atoms with Crippen molar-refractivity contribution in [3.63, 3.8) is 0 Å². The van der Waals surface area contributed by atoms with Gasteiger partial charge >= 0.3 is 5.97 Å². The molecule has 110 valence electrons. The van der Waals surface area contributed by atoms with Gasteiger partial charge in [0.2, 0.25) is 10.0 Å². The molecular formula is C13H17NO5S. The van der Waals surface area contributed by atoms with Gasteiger partial charge in [-0.25, -0.2) is 8.42 Å². The summed E-state index contributed by atoms with van der Waals surface area (Å²) < 4.78 is 26.4. The van der Waals surface area contributed by atoms with Crippen LogP contribution >= 0.6 is 0 Å². The Kier molecular flexibility index (Phi) is 5.41. The fraction of sp³-hybridized carbons (Fsp3) is 0.385. The molecule has 0 aliphatic carbocycles. The minimum absolute atomic E-state index is 0.118. The van der Waals surface area contributed by atoms with Crippen LogP contribution in [0.1, 0.15) is 37.0 Å². The molecule has 0 aliphatic rings. The van der Waals surface area contributed by atoms with Gasteiger partial charge in [-0.3, -0.25) is 9.59 Å². The van der Waals surface area contributed by atoms with Gasteiger partial charge in [-0.2, -0.15) is 4.72 Å². The number of benzene rings is 1. The van der Waals surface area contributed by atoms with Gasteiger partial charge in [-0.05, 0) is 25.5 Å². The fourth-order valence-corrected chi connectivity index (χ4v) is 2.93. The van der Waals surface area contributed by atoms with E-state index in [1.54, 1.807) is 6.92 Å². The molecule has 7 heteroatoms. The molecule has 0 radical (unpaired) electrons. The Morgan fingerprint density at radius 3 is 2.50 bits per heavy atom. The minimum atomic E-state index is -3.97. The Balaban J connectivity index is 3.07. The number of sulfonamides is 1. The Hall–Kier alpha value is -1.73. The quantitative estimate of drug-likeness (QED) is 0.742. The van der Waals surface area contributed by atoms with Crippen molar-refractivity contribution in [3.8, 4) is 0 Å². The van der Waals surface area contributed by atoms with Crippen LogP contribution in [0.3, 0.4) is 0 Å². The summed E-state index contributed by atoms with van der Waals surface area (Å²) in [6.45, 7) is 3.09. The van der Waals surface area contributed by atoms with Gasteiger partial charge in [0.15, 0.2) is 5.78 Å². The molecule has 0 saturated heterocycles. The second-order valence-electron chi connectivity index (χ2n) is 4.38. The average molecular weight is 299 g/mol. The highest BCUT2D eigenvalue weighted by molar-refractivity contribution is 7.89. The Morgan fingerprint density at radius 1 is 1.35 bits per heavy atom. The van der Waals surface area contributed by atoms with E-state index >= 15 is 0 Å². The summed E-state index contributed by atoms with van der Waals surface area (Å²) >= 11 is 0. The van der Waals surface area contributed by atoms with Crippen molar-refractivity contribution < 1.29 is 23.1 Å². The first-order valence-corrected chi connectivity index (χ1v) is 7.62. The maximum absolute atomic E-state index is 12.1. The van der Waals surface area contributed by atoms with Crippen LogP contribution in [0.2, 0.25) is 0 Å². The minimum Gasteiger partial charge on any atom is -0.480 e. The molecule has 0 amide bonds. The zero-order valence-electron chi connectivity index (χ0n) is 11.3. The average Bonchev–Trinajstić information content (AvgIpc) is 2.38. The highest BCUT2D eigenvalue weighted by atomic mass is 32.2. The van der Waals surface area contributed by atoms with Gasteiger partial charge in [0.1, 0.15) is 6.04 Å². The number of hydrogen-bond acceptors (Lipinski definition) is 4. The number of carbonyl (C=O) groups excluding carboxylic acids is 1. The van der Waals surface area contributed by atoms with E-state index in [0.717, 1.165) is 0 Å². The van der Waals surface area contributed by atoms with Gasteiger partial charge in [0.05, 0.1) is 4.90 Å². The summed E-state index contributed by atoms with van der Waals surface area (Å²) in [4.78, 5) is 22.1. The molecule has 0 fully saturated rings. The second-order valence-corrected chi connectivity index (χ2v) is 6.10. The van der Waals surface area contributed by atoms with Crippen LogP contribution in [-0.2, 0) is 14.8 Å². The second kappa shape index (κ2) is 6.62. The highest BCUT2D eigenvalue weighted by Crippen LogP contribution is 2.13. The first-order chi connectivity index (χ1) is 9.27. The summed E-state index contributed by atoms with van der Waals surface area (Å²) in [5.74, 6) is -1.48. The lowest BCUT2D eigenvalue weighted by atomic mass is 10.2. The number of Topliss-reactive ketones (excluding diaryl/α,β-unsaturated/α-hetero) is 1. The fourth-order valence-electron chi connectivity index (χ4n) is 1.66. The van der Waals surface area contributed by atoms with E-state index in [2.05, 4.69) is 4.72 Å². The third kappa shape index (κ3) is 4.14. The zero-order valence-corrected chi connectivity index (χ0v) is 12.1. The lowest BCUT2D eigenvalue weighted by Gasteiger charge is -2.14. The monoisotopic (exact) mass is 299 g/mol. The molecule has 2 N–H and O–H groups in total.